The molecule has 1 aromatic heterocycles. The summed E-state index contributed by atoms with van der Waals surface area (Å²) in [6.45, 7) is 0.857. The van der Waals surface area contributed by atoms with Gasteiger partial charge in [0.2, 0.25) is 0 Å². The molecule has 2 aliphatic heterocycles. The molecule has 6 heteroatoms. The van der Waals surface area contributed by atoms with E-state index in [2.05, 4.69) is 21.7 Å². The van der Waals surface area contributed by atoms with E-state index in [4.69, 9.17) is 4.74 Å². The minimum absolute atomic E-state index is 0.0114. The lowest BCUT2D eigenvalue weighted by atomic mass is 10.0. The van der Waals surface area contributed by atoms with E-state index in [0.29, 0.717) is 12.5 Å². The minimum Gasteiger partial charge on any atom is -0.378 e. The quantitative estimate of drug-likeness (QED) is 0.835. The van der Waals surface area contributed by atoms with Crippen LogP contribution < -0.4 is 0 Å². The van der Waals surface area contributed by atoms with Gasteiger partial charge in [-0.1, -0.05) is 30.3 Å². The van der Waals surface area contributed by atoms with E-state index in [1.165, 1.54) is 0 Å². The molecule has 0 bridgehead atoms. The second-order valence-corrected chi connectivity index (χ2v) is 8.92. The maximum absolute atomic E-state index is 11.9. The standard InChI is InChI=1S/C18H22N2O3S/c21-24(22)11-9-15(12-24)20-13-19-18(14-4-2-1-3-5-14)17(20)7-6-16-8-10-23-16/h1-5,13,15-16H,6-12H2. The average molecular weight is 346 g/mol. The van der Waals surface area contributed by atoms with E-state index in [9.17, 15) is 8.42 Å². The summed E-state index contributed by atoms with van der Waals surface area (Å²) < 4.78 is 31.4. The zero-order valence-corrected chi connectivity index (χ0v) is 14.4. The Morgan fingerprint density at radius 3 is 2.62 bits per heavy atom. The highest BCUT2D eigenvalue weighted by atomic mass is 32.2. The number of hydrogen-bond donors (Lipinski definition) is 0. The lowest BCUT2D eigenvalue weighted by Crippen LogP contribution is -2.27. The second-order valence-electron chi connectivity index (χ2n) is 6.69. The number of sulfone groups is 1. The third-order valence-corrected chi connectivity index (χ3v) is 6.79. The highest BCUT2D eigenvalue weighted by Crippen LogP contribution is 2.31. The van der Waals surface area contributed by atoms with Crippen molar-refractivity contribution >= 4 is 9.84 Å². The molecule has 2 aliphatic rings. The van der Waals surface area contributed by atoms with Gasteiger partial charge in [-0.3, -0.25) is 0 Å². The molecule has 0 spiro atoms. The molecule has 0 saturated carbocycles. The summed E-state index contributed by atoms with van der Waals surface area (Å²) in [7, 11) is -2.91. The van der Waals surface area contributed by atoms with Crippen LogP contribution in [0.5, 0.6) is 0 Å². The van der Waals surface area contributed by atoms with Crippen molar-refractivity contribution in [1.29, 1.82) is 0 Å². The molecule has 2 atom stereocenters. The number of nitrogens with zero attached hydrogens (tertiary/aromatic N) is 2. The van der Waals surface area contributed by atoms with Crippen molar-refractivity contribution in [3.05, 3.63) is 42.4 Å². The normalized spacial score (nSPS) is 25.5. The van der Waals surface area contributed by atoms with Gasteiger partial charge in [0.15, 0.2) is 9.84 Å². The smallest absolute Gasteiger partial charge is 0.152 e. The van der Waals surface area contributed by atoms with Gasteiger partial charge in [-0.2, -0.15) is 0 Å². The summed E-state index contributed by atoms with van der Waals surface area (Å²) in [5.41, 5.74) is 3.19. The Hall–Kier alpha value is -1.66. The molecule has 24 heavy (non-hydrogen) atoms. The summed E-state index contributed by atoms with van der Waals surface area (Å²) >= 11 is 0. The van der Waals surface area contributed by atoms with E-state index >= 15 is 0 Å². The van der Waals surface area contributed by atoms with Crippen LogP contribution in [0.3, 0.4) is 0 Å². The number of hydrogen-bond acceptors (Lipinski definition) is 4. The Morgan fingerprint density at radius 1 is 1.21 bits per heavy atom. The average Bonchev–Trinajstić information content (AvgIpc) is 3.10. The fourth-order valence-corrected chi connectivity index (χ4v) is 5.30. The minimum atomic E-state index is -2.91. The maximum atomic E-state index is 11.9. The van der Waals surface area contributed by atoms with Gasteiger partial charge in [-0.25, -0.2) is 13.4 Å². The Kier molecular flexibility index (Phi) is 4.18. The van der Waals surface area contributed by atoms with Crippen LogP contribution in [0, 0.1) is 0 Å². The molecule has 2 unspecified atom stereocenters. The van der Waals surface area contributed by atoms with Gasteiger partial charge in [-0.05, 0) is 25.7 Å². The van der Waals surface area contributed by atoms with Crippen LogP contribution in [0.2, 0.25) is 0 Å². The Labute approximate surface area is 142 Å². The Balaban J connectivity index is 1.66. The van der Waals surface area contributed by atoms with Gasteiger partial charge >= 0.3 is 0 Å². The summed E-state index contributed by atoms with van der Waals surface area (Å²) in [6.07, 6.45) is 5.79. The number of aromatic nitrogens is 2. The van der Waals surface area contributed by atoms with E-state index in [0.717, 1.165) is 42.8 Å². The molecule has 1 aromatic carbocycles. The summed E-state index contributed by atoms with van der Waals surface area (Å²) in [5.74, 6) is 0.506. The zero-order chi connectivity index (χ0) is 16.6. The predicted molar refractivity (Wildman–Crippen MR) is 92.6 cm³/mol. The van der Waals surface area contributed by atoms with Gasteiger partial charge < -0.3 is 9.30 Å². The van der Waals surface area contributed by atoms with Crippen molar-refractivity contribution < 1.29 is 13.2 Å². The first-order valence-electron chi connectivity index (χ1n) is 8.55. The molecular formula is C18H22N2O3S. The van der Waals surface area contributed by atoms with Crippen molar-refractivity contribution in [2.24, 2.45) is 0 Å². The molecule has 3 heterocycles. The lowest BCUT2D eigenvalue weighted by Gasteiger charge is -2.27. The molecule has 0 aliphatic carbocycles. The Bertz CT molecular complexity index is 810. The van der Waals surface area contributed by atoms with Crippen LogP contribution >= 0.6 is 0 Å². The van der Waals surface area contributed by atoms with Crippen molar-refractivity contribution in [2.75, 3.05) is 18.1 Å². The highest BCUT2D eigenvalue weighted by molar-refractivity contribution is 7.91. The number of benzene rings is 1. The molecule has 128 valence electrons. The SMILES string of the molecule is O=S1(=O)CCC(n2cnc(-c3ccccc3)c2CCC2CCO2)C1. The Morgan fingerprint density at radius 2 is 2.00 bits per heavy atom. The van der Waals surface area contributed by atoms with E-state index in [-0.39, 0.29) is 17.5 Å². The van der Waals surface area contributed by atoms with Crippen LogP contribution in [0.1, 0.15) is 31.0 Å². The predicted octanol–water partition coefficient (Wildman–Crippen LogP) is 2.63. The largest absolute Gasteiger partial charge is 0.378 e. The van der Waals surface area contributed by atoms with Crippen molar-refractivity contribution in [3.8, 4) is 11.3 Å². The topological polar surface area (TPSA) is 61.2 Å². The first kappa shape index (κ1) is 15.8. The van der Waals surface area contributed by atoms with E-state index < -0.39 is 9.84 Å². The first-order valence-corrected chi connectivity index (χ1v) is 10.4. The second kappa shape index (κ2) is 6.33. The van der Waals surface area contributed by atoms with E-state index in [1.54, 1.807) is 0 Å². The van der Waals surface area contributed by atoms with Crippen LogP contribution in [0.25, 0.3) is 11.3 Å². The molecule has 0 radical (unpaired) electrons. The molecule has 0 amide bonds. The summed E-state index contributed by atoms with van der Waals surface area (Å²) in [6, 6.07) is 10.1. The van der Waals surface area contributed by atoms with E-state index in [1.807, 2.05) is 24.5 Å². The van der Waals surface area contributed by atoms with Gasteiger partial charge in [-0.15, -0.1) is 0 Å². The monoisotopic (exact) mass is 346 g/mol. The van der Waals surface area contributed by atoms with Gasteiger partial charge in [0.1, 0.15) is 0 Å². The number of ether oxygens (including phenoxy) is 1. The molecule has 5 nitrogen and oxygen atoms in total. The van der Waals surface area contributed by atoms with Crippen LogP contribution in [0.4, 0.5) is 0 Å². The van der Waals surface area contributed by atoms with Gasteiger partial charge in [0, 0.05) is 23.9 Å². The molecule has 2 saturated heterocycles. The first-order chi connectivity index (χ1) is 11.6. The molecular weight excluding hydrogens is 324 g/mol. The van der Waals surface area contributed by atoms with Gasteiger partial charge in [0.25, 0.3) is 0 Å². The fraction of sp³-hybridized carbons (Fsp3) is 0.500. The maximum Gasteiger partial charge on any atom is 0.152 e. The van der Waals surface area contributed by atoms with Crippen LogP contribution in [-0.4, -0.2) is 42.2 Å². The van der Waals surface area contributed by atoms with Crippen molar-refractivity contribution in [1.82, 2.24) is 9.55 Å². The summed E-state index contributed by atoms with van der Waals surface area (Å²) in [4.78, 5) is 4.63. The zero-order valence-electron chi connectivity index (χ0n) is 13.6. The fourth-order valence-electron chi connectivity index (χ4n) is 3.59. The molecule has 4 rings (SSSR count). The van der Waals surface area contributed by atoms with Crippen LogP contribution in [0.15, 0.2) is 36.7 Å². The molecule has 2 aromatic rings. The van der Waals surface area contributed by atoms with Gasteiger partial charge in [0.05, 0.1) is 29.6 Å². The molecule has 0 N–H and O–H groups in total. The van der Waals surface area contributed by atoms with Crippen LogP contribution in [-0.2, 0) is 21.0 Å². The number of imidazole rings is 1. The van der Waals surface area contributed by atoms with Crippen molar-refractivity contribution in [3.63, 3.8) is 0 Å². The highest BCUT2D eigenvalue weighted by Gasteiger charge is 2.31. The molecule has 2 fully saturated rings. The number of rotatable bonds is 5. The third-order valence-electron chi connectivity index (χ3n) is 5.04. The lowest BCUT2D eigenvalue weighted by molar-refractivity contribution is -0.0543. The summed E-state index contributed by atoms with van der Waals surface area (Å²) in [5, 5.41) is 0. The van der Waals surface area contributed by atoms with Crippen molar-refractivity contribution in [2.45, 2.75) is 37.8 Å². The third kappa shape index (κ3) is 3.13.